The Morgan fingerprint density at radius 2 is 1.03 bits per heavy atom. The maximum absolute atomic E-state index is 12.0. The van der Waals surface area contributed by atoms with Crippen molar-refractivity contribution in [1.82, 2.24) is 0 Å². The quantitative estimate of drug-likeness (QED) is 0.300. The molecule has 30 heavy (non-hydrogen) atoms. The van der Waals surface area contributed by atoms with Gasteiger partial charge in [0.05, 0.1) is 32.9 Å². The second-order valence-electron chi connectivity index (χ2n) is 5.63. The topological polar surface area (TPSA) is 193 Å². The van der Waals surface area contributed by atoms with E-state index in [-0.39, 0.29) is 11.4 Å². The molecule has 2 aromatic rings. The van der Waals surface area contributed by atoms with Gasteiger partial charge in [0, 0.05) is 24.3 Å². The van der Waals surface area contributed by atoms with Crippen molar-refractivity contribution in [3.8, 4) is 0 Å². The van der Waals surface area contributed by atoms with Crippen molar-refractivity contribution in [1.29, 1.82) is 0 Å². The minimum atomic E-state index is -4.37. The largest absolute Gasteiger partial charge is 0.388 e. The summed E-state index contributed by atoms with van der Waals surface area (Å²) in [7, 11) is -8.74. The van der Waals surface area contributed by atoms with Gasteiger partial charge in [0.1, 0.15) is 6.10 Å². The van der Waals surface area contributed by atoms with E-state index in [0.717, 1.165) is 48.5 Å². The van der Waals surface area contributed by atoms with Crippen molar-refractivity contribution >= 4 is 31.6 Å². The first-order chi connectivity index (χ1) is 13.9. The number of aliphatic hydroxyl groups is 1. The number of aliphatic hydroxyl groups excluding tert-OH is 1. The molecule has 0 aromatic heterocycles. The second kappa shape index (κ2) is 9.23. The van der Waals surface area contributed by atoms with Crippen LogP contribution in [0.4, 0.5) is 11.4 Å². The van der Waals surface area contributed by atoms with Gasteiger partial charge in [0.15, 0.2) is 0 Å². The fourth-order valence-corrected chi connectivity index (χ4v) is 3.87. The normalized spacial score (nSPS) is 12.1. The number of nitro groups is 2. The molecule has 0 radical (unpaired) electrons. The smallest absolute Gasteiger partial charge is 0.297 e. The zero-order valence-electron chi connectivity index (χ0n) is 14.9. The number of hydrogen-bond acceptors (Lipinski definition) is 11. The predicted molar refractivity (Wildman–Crippen MR) is 98.5 cm³/mol. The summed E-state index contributed by atoms with van der Waals surface area (Å²) >= 11 is 0. The Morgan fingerprint density at radius 1 is 0.733 bits per heavy atom. The second-order valence-corrected chi connectivity index (χ2v) is 8.86. The molecular formula is C15H14N2O11S2. The van der Waals surface area contributed by atoms with E-state index in [1.165, 1.54) is 0 Å². The Labute approximate surface area is 170 Å². The maximum atomic E-state index is 12.0. The molecule has 0 aliphatic carbocycles. The van der Waals surface area contributed by atoms with E-state index in [4.69, 9.17) is 0 Å². The van der Waals surface area contributed by atoms with Crippen molar-refractivity contribution in [2.75, 3.05) is 13.2 Å². The third-order valence-corrected chi connectivity index (χ3v) is 6.10. The van der Waals surface area contributed by atoms with Crippen LogP contribution in [0, 0.1) is 20.2 Å². The third-order valence-electron chi connectivity index (χ3n) is 3.50. The zero-order chi connectivity index (χ0) is 22.5. The Balaban J connectivity index is 1.94. The predicted octanol–water partition coefficient (Wildman–Crippen LogP) is 0.975. The lowest BCUT2D eigenvalue weighted by Crippen LogP contribution is -2.25. The summed E-state index contributed by atoms with van der Waals surface area (Å²) in [4.78, 5) is 18.9. The van der Waals surface area contributed by atoms with Crippen LogP contribution >= 0.6 is 0 Å². The Kier molecular flexibility index (Phi) is 7.16. The minimum Gasteiger partial charge on any atom is -0.388 e. The van der Waals surface area contributed by atoms with Gasteiger partial charge in [0.2, 0.25) is 0 Å². The summed E-state index contributed by atoms with van der Waals surface area (Å²) in [6, 6.07) is 7.56. The molecule has 0 amide bonds. The maximum Gasteiger partial charge on any atom is 0.297 e. The average molecular weight is 462 g/mol. The summed E-state index contributed by atoms with van der Waals surface area (Å²) in [6.07, 6.45) is -1.66. The lowest BCUT2D eigenvalue weighted by atomic mass is 10.3. The summed E-state index contributed by atoms with van der Waals surface area (Å²) in [6.45, 7) is -1.70. The van der Waals surface area contributed by atoms with Gasteiger partial charge in [0.25, 0.3) is 31.6 Å². The van der Waals surface area contributed by atoms with Crippen LogP contribution in [0.2, 0.25) is 0 Å². The van der Waals surface area contributed by atoms with Crippen molar-refractivity contribution in [2.45, 2.75) is 15.9 Å². The number of hydrogen-bond donors (Lipinski definition) is 1. The number of non-ortho nitro benzene ring substituents is 2. The van der Waals surface area contributed by atoms with Gasteiger partial charge in [-0.3, -0.25) is 28.6 Å². The van der Waals surface area contributed by atoms with Crippen LogP contribution in [0.1, 0.15) is 0 Å². The van der Waals surface area contributed by atoms with Crippen LogP contribution in [-0.2, 0) is 28.6 Å². The third kappa shape index (κ3) is 6.01. The average Bonchev–Trinajstić information content (AvgIpc) is 2.71. The van der Waals surface area contributed by atoms with Gasteiger partial charge < -0.3 is 5.11 Å². The van der Waals surface area contributed by atoms with Crippen LogP contribution in [0.5, 0.6) is 0 Å². The molecule has 2 rings (SSSR count). The van der Waals surface area contributed by atoms with Crippen LogP contribution < -0.4 is 0 Å². The van der Waals surface area contributed by atoms with Crippen LogP contribution in [0.3, 0.4) is 0 Å². The highest BCUT2D eigenvalue weighted by Gasteiger charge is 2.22. The molecule has 0 aliphatic rings. The SMILES string of the molecule is O=[N+]([O-])c1ccc(S(=O)(=O)OCC(O)COS(=O)(=O)c2ccc([N+](=O)[O-])cc2)cc1. The highest BCUT2D eigenvalue weighted by molar-refractivity contribution is 7.87. The standard InChI is InChI=1S/C15H14N2O11S2/c18-13(9-27-29(23,24)14-5-1-11(2-6-14)16(19)20)10-28-30(25,26)15-7-3-12(4-8-15)17(21)22/h1-8,13,18H,9-10H2. The molecule has 0 atom stereocenters. The fraction of sp³-hybridized carbons (Fsp3) is 0.200. The van der Waals surface area contributed by atoms with E-state index in [1.807, 2.05) is 0 Å². The van der Waals surface area contributed by atoms with Gasteiger partial charge in [-0.15, -0.1) is 0 Å². The first kappa shape index (κ1) is 23.3. The van der Waals surface area contributed by atoms with Gasteiger partial charge in [-0.25, -0.2) is 0 Å². The first-order valence-corrected chi connectivity index (χ1v) is 10.7. The van der Waals surface area contributed by atoms with Crippen molar-refractivity contribution < 1.29 is 40.2 Å². The summed E-state index contributed by atoms with van der Waals surface area (Å²) in [5, 5.41) is 30.9. The van der Waals surface area contributed by atoms with Crippen molar-refractivity contribution in [2.24, 2.45) is 0 Å². The molecule has 0 bridgehead atoms. The van der Waals surface area contributed by atoms with Crippen molar-refractivity contribution in [3.63, 3.8) is 0 Å². The summed E-state index contributed by atoms with van der Waals surface area (Å²) in [5.41, 5.74) is -0.669. The first-order valence-electron chi connectivity index (χ1n) is 7.88. The molecule has 0 saturated carbocycles. The zero-order valence-corrected chi connectivity index (χ0v) is 16.5. The minimum absolute atomic E-state index is 0.334. The van der Waals surface area contributed by atoms with Gasteiger partial charge in [-0.05, 0) is 24.3 Å². The van der Waals surface area contributed by atoms with Crippen LogP contribution in [0.25, 0.3) is 0 Å². The highest BCUT2D eigenvalue weighted by atomic mass is 32.2. The van der Waals surface area contributed by atoms with E-state index in [0.29, 0.717) is 0 Å². The molecule has 0 unspecified atom stereocenters. The van der Waals surface area contributed by atoms with E-state index in [9.17, 15) is 42.2 Å². The number of nitrogens with zero attached hydrogens (tertiary/aromatic N) is 2. The number of rotatable bonds is 10. The molecule has 2 aromatic carbocycles. The lowest BCUT2D eigenvalue weighted by molar-refractivity contribution is -0.385. The molecule has 0 aliphatic heterocycles. The Hall–Kier alpha value is -2.98. The molecule has 0 saturated heterocycles. The van der Waals surface area contributed by atoms with Gasteiger partial charge >= 0.3 is 0 Å². The van der Waals surface area contributed by atoms with E-state index >= 15 is 0 Å². The Bertz CT molecular complexity index is 1040. The molecular weight excluding hydrogens is 448 g/mol. The number of nitro benzene ring substituents is 2. The van der Waals surface area contributed by atoms with Gasteiger partial charge in [-0.2, -0.15) is 16.8 Å². The van der Waals surface area contributed by atoms with Gasteiger partial charge in [-0.1, -0.05) is 0 Å². The van der Waals surface area contributed by atoms with E-state index in [1.54, 1.807) is 0 Å². The molecule has 15 heteroatoms. The summed E-state index contributed by atoms with van der Waals surface area (Å²) < 4.78 is 57.2. The van der Waals surface area contributed by atoms with Crippen LogP contribution in [-0.4, -0.2) is 51.1 Å². The molecule has 0 fully saturated rings. The van der Waals surface area contributed by atoms with E-state index in [2.05, 4.69) is 8.37 Å². The summed E-state index contributed by atoms with van der Waals surface area (Å²) in [5.74, 6) is 0. The molecule has 162 valence electrons. The highest BCUT2D eigenvalue weighted by Crippen LogP contribution is 2.19. The fourth-order valence-electron chi connectivity index (χ4n) is 1.99. The van der Waals surface area contributed by atoms with E-state index < -0.39 is 59.2 Å². The Morgan fingerprint density at radius 3 is 1.30 bits per heavy atom. The monoisotopic (exact) mass is 462 g/mol. The van der Waals surface area contributed by atoms with Crippen LogP contribution in [0.15, 0.2) is 58.3 Å². The lowest BCUT2D eigenvalue weighted by Gasteiger charge is -2.12. The molecule has 0 heterocycles. The molecule has 0 spiro atoms. The molecule has 1 N–H and O–H groups in total. The van der Waals surface area contributed by atoms with Crippen molar-refractivity contribution in [3.05, 3.63) is 68.8 Å². The molecule has 13 nitrogen and oxygen atoms in total. The number of benzene rings is 2.